The van der Waals surface area contributed by atoms with Gasteiger partial charge in [-0.15, -0.1) is 0 Å². The van der Waals surface area contributed by atoms with Gasteiger partial charge in [-0.3, -0.25) is 28.8 Å². The van der Waals surface area contributed by atoms with Crippen LogP contribution in [0, 0.1) is 29.6 Å². The molecule has 0 radical (unpaired) electrons. The predicted octanol–water partition coefficient (Wildman–Crippen LogP) is 9.06. The Morgan fingerprint density at radius 2 is 1.04 bits per heavy atom. The Labute approximate surface area is 457 Å². The normalized spacial score (nSPS) is 21.4. The molecule has 2 saturated carbocycles. The third-order valence-electron chi connectivity index (χ3n) is 17.7. The van der Waals surface area contributed by atoms with Crippen LogP contribution in [0.1, 0.15) is 149 Å². The molecule has 4 aromatic carbocycles. The lowest BCUT2D eigenvalue weighted by Gasteiger charge is -2.37. The van der Waals surface area contributed by atoms with Gasteiger partial charge in [0.2, 0.25) is 17.7 Å². The van der Waals surface area contributed by atoms with Gasteiger partial charge in [0.1, 0.15) is 11.8 Å². The molecular formula is C64H85N5O8. The van der Waals surface area contributed by atoms with Crippen molar-refractivity contribution >= 4 is 46.1 Å². The van der Waals surface area contributed by atoms with E-state index in [-0.39, 0.29) is 78.5 Å². The van der Waals surface area contributed by atoms with Gasteiger partial charge in [0.05, 0.1) is 24.3 Å². The molecule has 2 aliphatic carbocycles. The summed E-state index contributed by atoms with van der Waals surface area (Å²) in [4.78, 5) is 92.8. The van der Waals surface area contributed by atoms with Gasteiger partial charge in [0, 0.05) is 74.6 Å². The van der Waals surface area contributed by atoms with Crippen molar-refractivity contribution in [3.63, 3.8) is 0 Å². The second kappa shape index (κ2) is 27.1. The van der Waals surface area contributed by atoms with Crippen LogP contribution in [0.4, 0.5) is 0 Å². The first-order chi connectivity index (χ1) is 37.2. The molecule has 4 fully saturated rings. The van der Waals surface area contributed by atoms with Crippen LogP contribution in [0.25, 0.3) is 10.8 Å². The minimum Gasteiger partial charge on any atom is -0.391 e. The van der Waals surface area contributed by atoms with Gasteiger partial charge in [-0.2, -0.15) is 0 Å². The SMILES string of the molecule is CC[C@@H](C)C(=O)N[C@H](C(=O)N1CC[C@H](O)[C@H]1CN(CCc1ccccc1)C(=O)c1ccc2cc(C(=O)N(CCc3ccccc3)C[C@@H]3[C@@H](O)CCN3C(=O)[C@@H](CC(=O)C(C)C)C3CCCCC3)ccc2c1)C1CCCCC1. The van der Waals surface area contributed by atoms with Crippen molar-refractivity contribution in [1.82, 2.24) is 24.9 Å². The fourth-order valence-electron chi connectivity index (χ4n) is 12.5. The van der Waals surface area contributed by atoms with Gasteiger partial charge < -0.3 is 35.1 Å². The van der Waals surface area contributed by atoms with Gasteiger partial charge in [0.15, 0.2) is 0 Å². The van der Waals surface area contributed by atoms with Crippen LogP contribution < -0.4 is 5.32 Å². The number of aliphatic hydroxyl groups is 2. The molecule has 3 N–H and O–H groups in total. The summed E-state index contributed by atoms with van der Waals surface area (Å²) in [5.41, 5.74) is 2.97. The number of benzene rings is 4. The first kappa shape index (κ1) is 57.3. The van der Waals surface area contributed by atoms with Gasteiger partial charge in [-0.1, -0.05) is 139 Å². The summed E-state index contributed by atoms with van der Waals surface area (Å²) in [7, 11) is 0. The van der Waals surface area contributed by atoms with Crippen molar-refractivity contribution in [2.24, 2.45) is 29.6 Å². The van der Waals surface area contributed by atoms with Crippen molar-refractivity contribution in [3.8, 4) is 0 Å². The Morgan fingerprint density at radius 1 is 0.584 bits per heavy atom. The van der Waals surface area contributed by atoms with Crippen LogP contribution in [0.5, 0.6) is 0 Å². The number of Topliss-reactive ketones (excluding diaryl/α,β-unsaturated/α-hetero) is 1. The summed E-state index contributed by atoms with van der Waals surface area (Å²) in [5.74, 6) is -1.59. The second-order valence-electron chi connectivity index (χ2n) is 23.2. The van der Waals surface area contributed by atoms with E-state index in [1.54, 1.807) is 31.7 Å². The van der Waals surface area contributed by atoms with E-state index >= 15 is 0 Å². The number of ketones is 1. The topological polar surface area (TPSA) is 168 Å². The third kappa shape index (κ3) is 14.4. The highest BCUT2D eigenvalue weighted by molar-refractivity contribution is 6.02. The molecule has 7 atom stereocenters. The smallest absolute Gasteiger partial charge is 0.253 e. The van der Waals surface area contributed by atoms with E-state index in [0.29, 0.717) is 69.4 Å². The lowest BCUT2D eigenvalue weighted by Crippen LogP contribution is -2.57. The van der Waals surface area contributed by atoms with Crippen molar-refractivity contribution in [2.45, 2.75) is 161 Å². The number of rotatable bonds is 22. The molecule has 414 valence electrons. The third-order valence-corrected chi connectivity index (χ3v) is 17.7. The van der Waals surface area contributed by atoms with E-state index in [0.717, 1.165) is 86.1 Å². The van der Waals surface area contributed by atoms with Crippen LogP contribution in [0.3, 0.4) is 0 Å². The Bertz CT molecular complexity index is 2630. The molecule has 2 aliphatic heterocycles. The summed E-state index contributed by atoms with van der Waals surface area (Å²) in [5, 5.41) is 27.8. The van der Waals surface area contributed by atoms with E-state index < -0.39 is 36.3 Å². The largest absolute Gasteiger partial charge is 0.391 e. The predicted molar refractivity (Wildman–Crippen MR) is 301 cm³/mol. The quantitative estimate of drug-likeness (QED) is 0.0701. The molecule has 2 heterocycles. The molecule has 4 aliphatic rings. The van der Waals surface area contributed by atoms with Gasteiger partial charge >= 0.3 is 0 Å². The van der Waals surface area contributed by atoms with Crippen LogP contribution in [-0.2, 0) is 32.0 Å². The number of amides is 5. The number of nitrogens with one attached hydrogen (secondary N) is 1. The first-order valence-electron chi connectivity index (χ1n) is 29.2. The maximum absolute atomic E-state index is 14.9. The molecule has 4 aromatic rings. The molecule has 0 spiro atoms. The summed E-state index contributed by atoms with van der Waals surface area (Å²) in [6.07, 6.45) is 10.8. The Kier molecular flexibility index (Phi) is 20.2. The standard InChI is InChI=1S/C64H85N5O8/c1-5-44(4)60(73)65-59(48-24-16-9-17-25-48)64(77)69-37-33-57(71)55(69)42-67(35-31-46-20-12-7-13-21-46)62(75)52-29-27-49-38-51(28-26-50(49)39-52)61(74)66(34-30-45-18-10-6-11-19-45)41-54-56(70)32-36-68(54)63(76)53(40-58(72)43(2)3)47-22-14-8-15-23-47/h6-7,10-13,18-21,26-29,38-39,43-44,47-48,53-57,59,70-71H,5,8-9,14-17,22-25,30-37,40-42H2,1-4H3,(H,65,73)/t44-,53+,54-,55-,56+,57+,59+/m1/s1. The van der Waals surface area contributed by atoms with Crippen LogP contribution >= 0.6 is 0 Å². The highest BCUT2D eigenvalue weighted by Gasteiger charge is 2.45. The highest BCUT2D eigenvalue weighted by atomic mass is 16.3. The molecule has 77 heavy (non-hydrogen) atoms. The summed E-state index contributed by atoms with van der Waals surface area (Å²) in [6.45, 7) is 9.21. The number of carbonyl (C=O) groups excluding carboxylic acids is 6. The maximum atomic E-state index is 14.9. The Morgan fingerprint density at radius 3 is 1.49 bits per heavy atom. The zero-order valence-corrected chi connectivity index (χ0v) is 46.2. The number of aliphatic hydroxyl groups excluding tert-OH is 2. The number of hydrogen-bond acceptors (Lipinski definition) is 8. The van der Waals surface area contributed by atoms with Crippen LogP contribution in [0.15, 0.2) is 97.1 Å². The molecule has 13 heteroatoms. The van der Waals surface area contributed by atoms with Crippen LogP contribution in [-0.4, -0.2) is 135 Å². The number of likely N-dealkylation sites (tertiary alicyclic amines) is 2. The Hall–Kier alpha value is -5.92. The van der Waals surface area contributed by atoms with E-state index in [4.69, 9.17) is 0 Å². The van der Waals surface area contributed by atoms with E-state index in [9.17, 15) is 39.0 Å². The highest BCUT2D eigenvalue weighted by Crippen LogP contribution is 2.36. The number of carbonyl (C=O) groups is 6. The summed E-state index contributed by atoms with van der Waals surface area (Å²) in [6, 6.07) is 28.8. The minimum atomic E-state index is -0.859. The molecular weight excluding hydrogens is 967 g/mol. The lowest BCUT2D eigenvalue weighted by atomic mass is 9.76. The molecule has 5 amide bonds. The van der Waals surface area contributed by atoms with Gasteiger partial charge in [-0.05, 0) is 116 Å². The average molecular weight is 1050 g/mol. The Balaban J connectivity index is 1.03. The fourth-order valence-corrected chi connectivity index (χ4v) is 12.5. The average Bonchev–Trinajstić information content (AvgIpc) is 4.03. The van der Waals surface area contributed by atoms with Crippen molar-refractivity contribution in [2.75, 3.05) is 39.3 Å². The monoisotopic (exact) mass is 1050 g/mol. The van der Waals surface area contributed by atoms with Gasteiger partial charge in [-0.25, -0.2) is 0 Å². The van der Waals surface area contributed by atoms with E-state index in [1.165, 1.54) is 0 Å². The fraction of sp³-hybridized carbons (Fsp3) is 0.562. The summed E-state index contributed by atoms with van der Waals surface area (Å²) >= 11 is 0. The first-order valence-corrected chi connectivity index (χ1v) is 29.2. The van der Waals surface area contributed by atoms with Crippen molar-refractivity contribution < 1.29 is 39.0 Å². The van der Waals surface area contributed by atoms with Gasteiger partial charge in [0.25, 0.3) is 11.8 Å². The summed E-state index contributed by atoms with van der Waals surface area (Å²) < 4.78 is 0. The number of nitrogens with zero attached hydrogens (tertiary/aromatic N) is 4. The zero-order chi connectivity index (χ0) is 54.6. The molecule has 0 unspecified atom stereocenters. The molecule has 8 rings (SSSR count). The van der Waals surface area contributed by atoms with E-state index in [1.807, 2.05) is 113 Å². The molecule has 0 bridgehead atoms. The van der Waals surface area contributed by atoms with Crippen molar-refractivity contribution in [3.05, 3.63) is 119 Å². The number of hydrogen-bond donors (Lipinski definition) is 3. The molecule has 2 saturated heterocycles. The molecule has 13 nitrogen and oxygen atoms in total. The van der Waals surface area contributed by atoms with Crippen LogP contribution in [0.2, 0.25) is 0 Å². The molecule has 0 aromatic heterocycles. The lowest BCUT2D eigenvalue weighted by molar-refractivity contribution is -0.143. The maximum Gasteiger partial charge on any atom is 0.253 e. The van der Waals surface area contributed by atoms with E-state index in [2.05, 4.69) is 5.32 Å². The minimum absolute atomic E-state index is 0.00239. The zero-order valence-electron chi connectivity index (χ0n) is 46.2. The second-order valence-corrected chi connectivity index (χ2v) is 23.2. The van der Waals surface area contributed by atoms with Crippen molar-refractivity contribution in [1.29, 1.82) is 0 Å². The number of fused-ring (bicyclic) bond motifs is 1.